The van der Waals surface area contributed by atoms with E-state index in [0.29, 0.717) is 5.39 Å². The van der Waals surface area contributed by atoms with Crippen molar-refractivity contribution in [2.24, 2.45) is 0 Å². The minimum atomic E-state index is -5.08. The van der Waals surface area contributed by atoms with Crippen molar-refractivity contribution in [3.8, 4) is 0 Å². The Hall–Kier alpha value is -3.30. The van der Waals surface area contributed by atoms with Gasteiger partial charge in [-0.05, 0) is 12.1 Å². The molecule has 45 heavy (non-hydrogen) atoms. The summed E-state index contributed by atoms with van der Waals surface area (Å²) in [4.78, 5) is 48.1. The van der Waals surface area contributed by atoms with E-state index in [1.165, 1.54) is 33.9 Å². The van der Waals surface area contributed by atoms with Crippen LogP contribution in [0.5, 0.6) is 0 Å². The van der Waals surface area contributed by atoms with Gasteiger partial charge in [0, 0.05) is 12.4 Å². The number of hydrogen-bond donors (Lipinski definition) is 7. The van der Waals surface area contributed by atoms with E-state index in [1.54, 1.807) is 6.07 Å². The molecular formula is C22H26N8O13P2. The van der Waals surface area contributed by atoms with E-state index in [0.717, 1.165) is 0 Å². The number of aliphatic hydroxyl groups is 2. The molecule has 7 heterocycles. The molecule has 0 aromatic carbocycles. The van der Waals surface area contributed by atoms with Crippen molar-refractivity contribution in [2.45, 2.75) is 49.1 Å². The highest BCUT2D eigenvalue weighted by Gasteiger charge is 2.53. The number of nitrogens with two attached hydrogens (primary N) is 2. The molecule has 6 unspecified atom stereocenters. The van der Waals surface area contributed by atoms with E-state index in [4.69, 9.17) is 39.0 Å². The number of nitrogens with one attached hydrogen (secondary N) is 1. The maximum atomic E-state index is 13.2. The van der Waals surface area contributed by atoms with Crippen molar-refractivity contribution in [3.05, 3.63) is 41.2 Å². The molecule has 4 aromatic heterocycles. The second-order valence-corrected chi connectivity index (χ2v) is 13.2. The molecule has 3 saturated heterocycles. The average Bonchev–Trinajstić information content (AvgIpc) is 3.72. The quantitative estimate of drug-likeness (QED) is 0.124. The maximum absolute atomic E-state index is 13.2. The van der Waals surface area contributed by atoms with Crippen LogP contribution in [0.25, 0.3) is 22.1 Å². The number of phosphoric ester groups is 2. The number of ether oxygens (including phenoxy) is 2. The van der Waals surface area contributed by atoms with Gasteiger partial charge in [0.15, 0.2) is 18.1 Å². The van der Waals surface area contributed by atoms with Crippen molar-refractivity contribution < 1.29 is 56.7 Å². The number of anilines is 2. The topological polar surface area (TPSA) is 304 Å². The molecule has 242 valence electrons. The zero-order valence-corrected chi connectivity index (χ0v) is 24.5. The zero-order chi connectivity index (χ0) is 31.8. The summed E-state index contributed by atoms with van der Waals surface area (Å²) in [7, 11) is -10.1. The number of fused-ring (bicyclic) bond motifs is 5. The predicted molar refractivity (Wildman–Crippen MR) is 148 cm³/mol. The van der Waals surface area contributed by atoms with Gasteiger partial charge in [0.25, 0.3) is 5.56 Å². The summed E-state index contributed by atoms with van der Waals surface area (Å²) in [6.07, 6.45) is -8.28. The van der Waals surface area contributed by atoms with Crippen LogP contribution in [0.2, 0.25) is 0 Å². The lowest BCUT2D eigenvalue weighted by molar-refractivity contribution is -0.0670. The summed E-state index contributed by atoms with van der Waals surface area (Å²) < 4.78 is 61.5. The van der Waals surface area contributed by atoms with Crippen molar-refractivity contribution >= 4 is 49.5 Å². The molecule has 0 radical (unpaired) electrons. The summed E-state index contributed by atoms with van der Waals surface area (Å²) in [6, 6.07) is 2.93. The van der Waals surface area contributed by atoms with Crippen molar-refractivity contribution in [3.63, 3.8) is 0 Å². The molecule has 3 aliphatic heterocycles. The van der Waals surface area contributed by atoms with Crippen LogP contribution in [-0.4, -0.2) is 98.9 Å². The lowest BCUT2D eigenvalue weighted by Gasteiger charge is -2.26. The Morgan fingerprint density at radius 2 is 1.47 bits per heavy atom. The van der Waals surface area contributed by atoms with Crippen molar-refractivity contribution in [1.29, 1.82) is 0 Å². The number of nitrogen functional groups attached to an aromatic ring is 2. The Labute approximate surface area is 250 Å². The molecule has 0 saturated carbocycles. The summed E-state index contributed by atoms with van der Waals surface area (Å²) >= 11 is 0. The van der Waals surface area contributed by atoms with Gasteiger partial charge in [0.2, 0.25) is 5.95 Å². The SMILES string of the molecule is Nc1nc2c(ccn2[C@@H]2O[C@@H]3COP(=O)(O)OC4C(O)[C@H](n5ccc6c(N)ncnc65)O[C@@H]4COP(=O)(O)OC2C3O)c(=O)[nH]1. The van der Waals surface area contributed by atoms with Gasteiger partial charge < -0.3 is 50.1 Å². The standard InChI is InChI=1S/C22H26N8O13P2/c23-16-8-1-3-29(17(8)26-7-25-16)20-13(32)14-11(41-20)6-39-45(36,37)43-15-12(31)10(5-38-44(34,35)42-14)40-21(15)30-4-2-9-18(30)27-22(24)28-19(9)33/h1-4,7,10-15,20-21,31-32H,5-6H2,(H,34,35)(H,36,37)(H2,23,25,26)(H3,24,27,28,33)/t10-,11-,12?,13?,14?,15?,20-,21-/m1/s1. The molecule has 3 fully saturated rings. The second kappa shape index (κ2) is 10.9. The first-order valence-corrected chi connectivity index (χ1v) is 16.2. The molecule has 2 bridgehead atoms. The number of H-pyrrole nitrogens is 1. The number of nitrogens with zero attached hydrogens (tertiary/aromatic N) is 5. The Balaban J connectivity index is 1.21. The third kappa shape index (κ3) is 5.35. The van der Waals surface area contributed by atoms with Crippen LogP contribution < -0.4 is 17.0 Å². The fraction of sp³-hybridized carbons (Fsp3) is 0.455. The van der Waals surface area contributed by atoms with Gasteiger partial charge in [-0.1, -0.05) is 0 Å². The first kappa shape index (κ1) is 30.4. The van der Waals surface area contributed by atoms with Crippen LogP contribution in [0.1, 0.15) is 12.5 Å². The van der Waals surface area contributed by atoms with Crippen LogP contribution in [-0.2, 0) is 36.7 Å². The fourth-order valence-corrected chi connectivity index (χ4v) is 7.47. The van der Waals surface area contributed by atoms with E-state index in [-0.39, 0.29) is 28.4 Å². The number of aliphatic hydroxyl groups excluding tert-OH is 2. The third-order valence-electron chi connectivity index (χ3n) is 7.62. The normalized spacial score (nSPS) is 37.7. The maximum Gasteiger partial charge on any atom is 0.472 e. The molecule has 23 heteroatoms. The molecule has 0 spiro atoms. The number of hydrogen-bond acceptors (Lipinski definition) is 16. The Morgan fingerprint density at radius 1 is 0.844 bits per heavy atom. The number of aromatic amines is 1. The third-order valence-corrected chi connectivity index (χ3v) is 9.59. The van der Waals surface area contributed by atoms with E-state index in [2.05, 4.69) is 19.9 Å². The average molecular weight is 672 g/mol. The molecular weight excluding hydrogens is 646 g/mol. The summed E-state index contributed by atoms with van der Waals surface area (Å²) in [5.74, 6) is -0.0910. The van der Waals surface area contributed by atoms with Gasteiger partial charge in [0.1, 0.15) is 54.4 Å². The molecule has 21 nitrogen and oxygen atoms in total. The lowest BCUT2D eigenvalue weighted by atomic mass is 10.1. The van der Waals surface area contributed by atoms with Gasteiger partial charge in [-0.15, -0.1) is 0 Å². The highest BCUT2D eigenvalue weighted by Crippen LogP contribution is 2.53. The number of phosphoric acid groups is 2. The second-order valence-electron chi connectivity index (χ2n) is 10.4. The van der Waals surface area contributed by atoms with E-state index < -0.39 is 83.5 Å². The Morgan fingerprint density at radius 3 is 2.20 bits per heavy atom. The fourth-order valence-electron chi connectivity index (χ4n) is 5.57. The molecule has 3 aliphatic rings. The number of aromatic nitrogens is 6. The van der Waals surface area contributed by atoms with Crippen LogP contribution in [0, 0.1) is 0 Å². The van der Waals surface area contributed by atoms with E-state index in [1.807, 2.05) is 0 Å². The van der Waals surface area contributed by atoms with E-state index in [9.17, 15) is 33.9 Å². The highest BCUT2D eigenvalue weighted by atomic mass is 31.2. The minimum Gasteiger partial charge on any atom is -0.387 e. The lowest BCUT2D eigenvalue weighted by Crippen LogP contribution is -2.36. The van der Waals surface area contributed by atoms with Gasteiger partial charge in [-0.3, -0.25) is 27.9 Å². The highest BCUT2D eigenvalue weighted by molar-refractivity contribution is 7.47. The molecule has 0 amide bonds. The Kier molecular flexibility index (Phi) is 7.36. The molecule has 4 aromatic rings. The van der Waals surface area contributed by atoms with Crippen LogP contribution in [0.15, 0.2) is 35.6 Å². The van der Waals surface area contributed by atoms with Gasteiger partial charge >= 0.3 is 15.6 Å². The predicted octanol–water partition coefficient (Wildman–Crippen LogP) is -1.13. The van der Waals surface area contributed by atoms with Gasteiger partial charge in [-0.25, -0.2) is 19.1 Å². The van der Waals surface area contributed by atoms with Crippen molar-refractivity contribution in [1.82, 2.24) is 29.1 Å². The van der Waals surface area contributed by atoms with E-state index >= 15 is 0 Å². The number of rotatable bonds is 2. The molecule has 7 rings (SSSR count). The van der Waals surface area contributed by atoms with Crippen molar-refractivity contribution in [2.75, 3.05) is 24.7 Å². The van der Waals surface area contributed by atoms with Gasteiger partial charge in [-0.2, -0.15) is 4.98 Å². The summed E-state index contributed by atoms with van der Waals surface area (Å²) in [5.41, 5.74) is 11.2. The molecule has 0 aliphatic carbocycles. The molecule has 10 atom stereocenters. The van der Waals surface area contributed by atoms with Crippen LogP contribution >= 0.6 is 15.6 Å². The molecule has 9 N–H and O–H groups in total. The Bertz CT molecular complexity index is 1930. The minimum absolute atomic E-state index is 0.0126. The first-order chi connectivity index (χ1) is 21.3. The largest absolute Gasteiger partial charge is 0.472 e. The van der Waals surface area contributed by atoms with Crippen LogP contribution in [0.3, 0.4) is 0 Å². The summed E-state index contributed by atoms with van der Waals surface area (Å²) in [5, 5.41) is 22.7. The summed E-state index contributed by atoms with van der Waals surface area (Å²) in [6.45, 7) is -1.59. The first-order valence-electron chi connectivity index (χ1n) is 13.2. The monoisotopic (exact) mass is 672 g/mol. The smallest absolute Gasteiger partial charge is 0.387 e. The zero-order valence-electron chi connectivity index (χ0n) is 22.7. The van der Waals surface area contributed by atoms with Gasteiger partial charge in [0.05, 0.1) is 24.0 Å². The van der Waals surface area contributed by atoms with Crippen LogP contribution in [0.4, 0.5) is 11.8 Å².